The molecule has 0 aliphatic carbocycles. The molecule has 0 aliphatic heterocycles. The molecular weight excluding hydrogens is 250 g/mol. The highest BCUT2D eigenvalue weighted by Gasteiger charge is 2.10. The van der Waals surface area contributed by atoms with Crippen molar-refractivity contribution >= 4 is 5.96 Å². The Labute approximate surface area is 123 Å². The molecule has 1 N–H and O–H groups in total. The summed E-state index contributed by atoms with van der Waals surface area (Å²) in [4.78, 5) is 6.45. The highest BCUT2D eigenvalue weighted by molar-refractivity contribution is 5.79. The third-order valence-corrected chi connectivity index (χ3v) is 3.14. The van der Waals surface area contributed by atoms with Gasteiger partial charge in [-0.1, -0.05) is 20.8 Å². The number of aryl methyl sites for hydroxylation is 1. The van der Waals surface area contributed by atoms with Crippen LogP contribution in [0.3, 0.4) is 0 Å². The molecular formula is C15H29N5. The first-order chi connectivity index (χ1) is 9.31. The van der Waals surface area contributed by atoms with Gasteiger partial charge in [0.25, 0.3) is 0 Å². The molecule has 0 atom stereocenters. The zero-order valence-electron chi connectivity index (χ0n) is 13.8. The lowest BCUT2D eigenvalue weighted by atomic mass is 9.91. The molecule has 0 aromatic carbocycles. The van der Waals surface area contributed by atoms with Crippen LogP contribution in [0.25, 0.3) is 0 Å². The molecule has 20 heavy (non-hydrogen) atoms. The minimum atomic E-state index is 0.396. The summed E-state index contributed by atoms with van der Waals surface area (Å²) in [6, 6.07) is 0. The van der Waals surface area contributed by atoms with Gasteiger partial charge in [-0.2, -0.15) is 5.10 Å². The molecule has 5 nitrogen and oxygen atoms in total. The fourth-order valence-corrected chi connectivity index (χ4v) is 2.11. The quantitative estimate of drug-likeness (QED) is 0.511. The van der Waals surface area contributed by atoms with Crippen molar-refractivity contribution in [3.63, 3.8) is 0 Å². The van der Waals surface area contributed by atoms with Gasteiger partial charge in [-0.15, -0.1) is 0 Å². The molecule has 0 aliphatic rings. The summed E-state index contributed by atoms with van der Waals surface area (Å²) in [5, 5.41) is 7.60. The van der Waals surface area contributed by atoms with Gasteiger partial charge in [0.1, 0.15) is 0 Å². The molecule has 1 heterocycles. The standard InChI is InChI=1S/C15H29N5/c1-15(2,3)8-7-9-17-14(16-4)19(5)11-13-10-18-20(6)12-13/h10,12H,7-9,11H2,1-6H3,(H,16,17). The van der Waals surface area contributed by atoms with E-state index in [9.17, 15) is 0 Å². The Kier molecular flexibility index (Phi) is 6.05. The summed E-state index contributed by atoms with van der Waals surface area (Å²) in [5.74, 6) is 0.933. The molecule has 0 amide bonds. The Morgan fingerprint density at radius 3 is 2.65 bits per heavy atom. The van der Waals surface area contributed by atoms with Crippen LogP contribution in [0.1, 0.15) is 39.2 Å². The van der Waals surface area contributed by atoms with Crippen LogP contribution < -0.4 is 5.32 Å². The topological polar surface area (TPSA) is 45.5 Å². The van der Waals surface area contributed by atoms with E-state index in [-0.39, 0.29) is 0 Å². The van der Waals surface area contributed by atoms with Crippen LogP contribution in [0.2, 0.25) is 0 Å². The van der Waals surface area contributed by atoms with Gasteiger partial charge in [0.2, 0.25) is 0 Å². The average molecular weight is 279 g/mol. The monoisotopic (exact) mass is 279 g/mol. The summed E-state index contributed by atoms with van der Waals surface area (Å²) in [6.45, 7) is 8.59. The fourth-order valence-electron chi connectivity index (χ4n) is 2.11. The second-order valence-corrected chi connectivity index (χ2v) is 6.52. The predicted molar refractivity (Wildman–Crippen MR) is 84.7 cm³/mol. The minimum Gasteiger partial charge on any atom is -0.356 e. The van der Waals surface area contributed by atoms with Crippen LogP contribution in [-0.4, -0.2) is 41.3 Å². The molecule has 1 aromatic heterocycles. The third-order valence-electron chi connectivity index (χ3n) is 3.14. The van der Waals surface area contributed by atoms with Gasteiger partial charge in [0.05, 0.1) is 6.20 Å². The maximum absolute atomic E-state index is 4.33. The minimum absolute atomic E-state index is 0.396. The highest BCUT2D eigenvalue weighted by Crippen LogP contribution is 2.19. The molecule has 0 bridgehead atoms. The van der Waals surface area contributed by atoms with E-state index in [0.29, 0.717) is 5.41 Å². The van der Waals surface area contributed by atoms with Gasteiger partial charge in [-0.3, -0.25) is 9.67 Å². The molecule has 0 saturated carbocycles. The van der Waals surface area contributed by atoms with E-state index in [4.69, 9.17) is 0 Å². The van der Waals surface area contributed by atoms with Crippen LogP contribution in [-0.2, 0) is 13.6 Å². The number of nitrogens with zero attached hydrogens (tertiary/aromatic N) is 4. The Bertz CT molecular complexity index is 428. The van der Waals surface area contributed by atoms with E-state index in [1.54, 1.807) is 0 Å². The Morgan fingerprint density at radius 1 is 1.45 bits per heavy atom. The summed E-state index contributed by atoms with van der Waals surface area (Å²) in [5.41, 5.74) is 1.58. The second-order valence-electron chi connectivity index (χ2n) is 6.52. The van der Waals surface area contributed by atoms with E-state index >= 15 is 0 Å². The summed E-state index contributed by atoms with van der Waals surface area (Å²) in [7, 11) is 5.81. The molecule has 0 spiro atoms. The Hall–Kier alpha value is -1.52. The van der Waals surface area contributed by atoms with E-state index in [1.165, 1.54) is 12.0 Å². The van der Waals surface area contributed by atoms with Crippen LogP contribution in [0.15, 0.2) is 17.4 Å². The Morgan fingerprint density at radius 2 is 2.15 bits per heavy atom. The lowest BCUT2D eigenvalue weighted by molar-refractivity contribution is 0.363. The smallest absolute Gasteiger partial charge is 0.193 e. The van der Waals surface area contributed by atoms with E-state index in [0.717, 1.165) is 25.5 Å². The molecule has 1 rings (SSSR count). The second kappa shape index (κ2) is 7.31. The average Bonchev–Trinajstić information content (AvgIpc) is 2.73. The lowest BCUT2D eigenvalue weighted by Gasteiger charge is -2.23. The number of hydrogen-bond donors (Lipinski definition) is 1. The van der Waals surface area contributed by atoms with Gasteiger partial charge in [0.15, 0.2) is 5.96 Å². The largest absolute Gasteiger partial charge is 0.356 e. The van der Waals surface area contributed by atoms with E-state index in [2.05, 4.69) is 41.1 Å². The fraction of sp³-hybridized carbons (Fsp3) is 0.733. The molecule has 1 aromatic rings. The lowest BCUT2D eigenvalue weighted by Crippen LogP contribution is -2.39. The number of aromatic nitrogens is 2. The molecule has 0 saturated heterocycles. The number of aliphatic imine (C=N–C) groups is 1. The first-order valence-electron chi connectivity index (χ1n) is 7.21. The zero-order chi connectivity index (χ0) is 15.2. The van der Waals surface area contributed by atoms with Crippen molar-refractivity contribution in [2.75, 3.05) is 20.6 Å². The maximum Gasteiger partial charge on any atom is 0.193 e. The first-order valence-corrected chi connectivity index (χ1v) is 7.21. The molecule has 0 radical (unpaired) electrons. The van der Waals surface area contributed by atoms with Gasteiger partial charge in [-0.25, -0.2) is 0 Å². The molecule has 0 unspecified atom stereocenters. The van der Waals surface area contributed by atoms with Crippen LogP contribution in [0.5, 0.6) is 0 Å². The maximum atomic E-state index is 4.33. The highest BCUT2D eigenvalue weighted by atomic mass is 15.3. The molecule has 0 fully saturated rings. The number of hydrogen-bond acceptors (Lipinski definition) is 2. The predicted octanol–water partition coefficient (Wildman–Crippen LogP) is 2.25. The number of nitrogens with one attached hydrogen (secondary N) is 1. The van der Waals surface area contributed by atoms with E-state index in [1.807, 2.05) is 38.2 Å². The van der Waals surface area contributed by atoms with Gasteiger partial charge in [-0.05, 0) is 18.3 Å². The van der Waals surface area contributed by atoms with Crippen LogP contribution >= 0.6 is 0 Å². The summed E-state index contributed by atoms with van der Waals surface area (Å²) in [6.07, 6.45) is 6.29. The molecule has 5 heteroatoms. The van der Waals surface area contributed by atoms with Gasteiger partial charge >= 0.3 is 0 Å². The number of guanidine groups is 1. The van der Waals surface area contributed by atoms with E-state index < -0.39 is 0 Å². The summed E-state index contributed by atoms with van der Waals surface area (Å²) >= 11 is 0. The third kappa shape index (κ3) is 6.08. The SMILES string of the molecule is CN=C(NCCCC(C)(C)C)N(C)Cc1cnn(C)c1. The van der Waals surface area contributed by atoms with Crippen molar-refractivity contribution in [2.24, 2.45) is 17.5 Å². The number of rotatable bonds is 5. The zero-order valence-corrected chi connectivity index (χ0v) is 13.8. The van der Waals surface area contributed by atoms with Crippen molar-refractivity contribution in [3.05, 3.63) is 18.0 Å². The summed E-state index contributed by atoms with van der Waals surface area (Å²) < 4.78 is 1.82. The van der Waals surface area contributed by atoms with Crippen molar-refractivity contribution in [3.8, 4) is 0 Å². The Balaban J connectivity index is 2.38. The first kappa shape index (κ1) is 16.5. The van der Waals surface area contributed by atoms with Gasteiger partial charge in [0, 0.05) is 46.0 Å². The van der Waals surface area contributed by atoms with Gasteiger partial charge < -0.3 is 10.2 Å². The van der Waals surface area contributed by atoms with Crippen molar-refractivity contribution < 1.29 is 0 Å². The van der Waals surface area contributed by atoms with Crippen molar-refractivity contribution in [1.29, 1.82) is 0 Å². The molecule has 114 valence electrons. The normalized spacial score (nSPS) is 12.6. The van der Waals surface area contributed by atoms with Crippen LogP contribution in [0, 0.1) is 5.41 Å². The van der Waals surface area contributed by atoms with Crippen LogP contribution in [0.4, 0.5) is 0 Å². The van der Waals surface area contributed by atoms with Crippen molar-refractivity contribution in [1.82, 2.24) is 20.0 Å². The van der Waals surface area contributed by atoms with Crippen molar-refractivity contribution in [2.45, 2.75) is 40.2 Å².